The van der Waals surface area contributed by atoms with E-state index in [1.54, 1.807) is 6.92 Å². The van der Waals surface area contributed by atoms with Crippen molar-refractivity contribution < 1.29 is 44.2 Å². The van der Waals surface area contributed by atoms with E-state index in [1.165, 1.54) is 0 Å². The van der Waals surface area contributed by atoms with Gasteiger partial charge in [-0.1, -0.05) is 39.5 Å². The third-order valence-electron chi connectivity index (χ3n) is 7.37. The molecule has 2 rings (SSSR count). The first-order valence-electron chi connectivity index (χ1n) is 13.3. The van der Waals surface area contributed by atoms with Crippen molar-refractivity contribution in [2.24, 2.45) is 17.8 Å². The maximum Gasteiger partial charge on any atom is 0.306 e. The van der Waals surface area contributed by atoms with Gasteiger partial charge in [0.05, 0.1) is 43.7 Å². The SMILES string of the molecule is CC(CC(=O)OCCCCCCCCC(=O)O)C[C@@H]1OC[C@H](C[C@@H]2O[C@H]2C(C)[C@H](C)O)[C@H](O)[C@@H]1O. The molecule has 9 heteroatoms. The van der Waals surface area contributed by atoms with Gasteiger partial charge < -0.3 is 34.6 Å². The number of epoxide rings is 1. The molecule has 2 heterocycles. The van der Waals surface area contributed by atoms with Crippen LogP contribution in [0.15, 0.2) is 0 Å². The van der Waals surface area contributed by atoms with Crippen LogP contribution >= 0.6 is 0 Å². The molecule has 9 nitrogen and oxygen atoms in total. The van der Waals surface area contributed by atoms with Crippen LogP contribution in [0, 0.1) is 17.8 Å². The lowest BCUT2D eigenvalue weighted by Gasteiger charge is -2.38. The first-order chi connectivity index (χ1) is 16.6. The number of aliphatic carboxylic acids is 1. The first kappa shape index (κ1) is 30.0. The summed E-state index contributed by atoms with van der Waals surface area (Å²) in [6.45, 7) is 6.29. The molecule has 9 atom stereocenters. The third-order valence-corrected chi connectivity index (χ3v) is 7.37. The van der Waals surface area contributed by atoms with E-state index in [1.807, 2.05) is 13.8 Å². The molecule has 2 saturated heterocycles. The van der Waals surface area contributed by atoms with Gasteiger partial charge in [0.1, 0.15) is 6.10 Å². The number of carboxylic acid groups (broad SMARTS) is 1. The van der Waals surface area contributed by atoms with Gasteiger partial charge in [-0.25, -0.2) is 0 Å². The highest BCUT2D eigenvalue weighted by atomic mass is 16.6. The Morgan fingerprint density at radius 2 is 1.63 bits per heavy atom. The Morgan fingerprint density at radius 1 is 0.971 bits per heavy atom. The molecule has 4 N–H and O–H groups in total. The third kappa shape index (κ3) is 10.7. The van der Waals surface area contributed by atoms with Gasteiger partial charge in [0, 0.05) is 24.7 Å². The van der Waals surface area contributed by atoms with E-state index in [4.69, 9.17) is 19.3 Å². The molecule has 2 fully saturated rings. The van der Waals surface area contributed by atoms with E-state index < -0.39 is 30.4 Å². The molecule has 2 aliphatic heterocycles. The molecule has 0 aromatic heterocycles. The summed E-state index contributed by atoms with van der Waals surface area (Å²) in [6, 6.07) is 0. The number of aliphatic hydroxyl groups is 3. The molecular weight excluding hydrogens is 456 g/mol. The van der Waals surface area contributed by atoms with Gasteiger partial charge in [-0.05, 0) is 38.5 Å². The zero-order valence-corrected chi connectivity index (χ0v) is 21.5. The average molecular weight is 503 g/mol. The van der Waals surface area contributed by atoms with Gasteiger partial charge in [0.15, 0.2) is 0 Å². The summed E-state index contributed by atoms with van der Waals surface area (Å²) in [6.07, 6.45) is 3.86. The van der Waals surface area contributed by atoms with Crippen LogP contribution < -0.4 is 0 Å². The monoisotopic (exact) mass is 502 g/mol. The van der Waals surface area contributed by atoms with Crippen molar-refractivity contribution in [3.8, 4) is 0 Å². The minimum atomic E-state index is -1.02. The molecule has 0 amide bonds. The number of aliphatic hydroxyl groups excluding tert-OH is 3. The number of ether oxygens (including phenoxy) is 3. The molecule has 0 aromatic carbocycles. The van der Waals surface area contributed by atoms with Gasteiger partial charge in [0.2, 0.25) is 0 Å². The van der Waals surface area contributed by atoms with Crippen LogP contribution in [0.4, 0.5) is 0 Å². The maximum atomic E-state index is 12.1. The topological polar surface area (TPSA) is 146 Å². The second-order valence-corrected chi connectivity index (χ2v) is 10.6. The maximum absolute atomic E-state index is 12.1. The molecule has 0 saturated carbocycles. The van der Waals surface area contributed by atoms with Gasteiger partial charge in [0.25, 0.3) is 0 Å². The fourth-order valence-corrected chi connectivity index (χ4v) is 4.83. The van der Waals surface area contributed by atoms with Crippen molar-refractivity contribution in [3.05, 3.63) is 0 Å². The Kier molecular flexibility index (Phi) is 12.9. The highest BCUT2D eigenvalue weighted by Gasteiger charge is 2.48. The second kappa shape index (κ2) is 15.1. The summed E-state index contributed by atoms with van der Waals surface area (Å²) < 4.78 is 16.8. The fraction of sp³-hybridized carbons (Fsp3) is 0.923. The molecule has 35 heavy (non-hydrogen) atoms. The van der Waals surface area contributed by atoms with Crippen LogP contribution in [0.3, 0.4) is 0 Å². The summed E-state index contributed by atoms with van der Waals surface area (Å²) in [7, 11) is 0. The van der Waals surface area contributed by atoms with E-state index in [-0.39, 0.29) is 48.8 Å². The van der Waals surface area contributed by atoms with Gasteiger partial charge >= 0.3 is 11.9 Å². The van der Waals surface area contributed by atoms with E-state index in [9.17, 15) is 24.9 Å². The Bertz CT molecular complexity index is 640. The van der Waals surface area contributed by atoms with Crippen LogP contribution in [0.5, 0.6) is 0 Å². The van der Waals surface area contributed by atoms with Gasteiger partial charge in [-0.15, -0.1) is 0 Å². The van der Waals surface area contributed by atoms with E-state index in [0.29, 0.717) is 32.5 Å². The zero-order valence-electron chi connectivity index (χ0n) is 21.5. The normalized spacial score (nSPS) is 30.9. The Morgan fingerprint density at radius 3 is 2.29 bits per heavy atom. The summed E-state index contributed by atoms with van der Waals surface area (Å²) in [4.78, 5) is 22.6. The number of unbranched alkanes of at least 4 members (excludes halogenated alkanes) is 5. The lowest BCUT2D eigenvalue weighted by molar-refractivity contribution is -0.171. The molecule has 0 aliphatic carbocycles. The van der Waals surface area contributed by atoms with Crippen LogP contribution in [0.2, 0.25) is 0 Å². The standard InChI is InChI=1S/C26H46O9/c1-16(13-23(30)33-11-9-7-5-4-6-8-10-22(28)29)12-20-25(32)24(31)19(15-34-20)14-21-26(35-21)17(2)18(3)27/h16-21,24-27,31-32H,4-15H2,1-3H3,(H,28,29)/t16?,17?,18-,19-,20-,21-,24-,25+,26-/m0/s1. The second-order valence-electron chi connectivity index (χ2n) is 10.6. The van der Waals surface area contributed by atoms with E-state index in [0.717, 1.165) is 32.1 Å². The zero-order chi connectivity index (χ0) is 26.0. The van der Waals surface area contributed by atoms with Crippen molar-refractivity contribution in [3.63, 3.8) is 0 Å². The van der Waals surface area contributed by atoms with E-state index in [2.05, 4.69) is 0 Å². The van der Waals surface area contributed by atoms with Crippen LogP contribution in [-0.2, 0) is 23.8 Å². The fourth-order valence-electron chi connectivity index (χ4n) is 4.83. The highest BCUT2D eigenvalue weighted by Crippen LogP contribution is 2.38. The molecule has 0 spiro atoms. The molecule has 0 radical (unpaired) electrons. The Hall–Kier alpha value is -1.26. The van der Waals surface area contributed by atoms with E-state index >= 15 is 0 Å². The predicted octanol–water partition coefficient (Wildman–Crippen LogP) is 2.67. The molecular formula is C26H46O9. The number of hydrogen-bond donors (Lipinski definition) is 4. The molecule has 2 aliphatic rings. The lowest BCUT2D eigenvalue weighted by Crippen LogP contribution is -2.51. The molecule has 204 valence electrons. The largest absolute Gasteiger partial charge is 0.481 e. The summed E-state index contributed by atoms with van der Waals surface area (Å²) in [5.74, 6) is -1.28. The number of hydrogen-bond acceptors (Lipinski definition) is 8. The van der Waals surface area contributed by atoms with Crippen molar-refractivity contribution in [2.75, 3.05) is 13.2 Å². The average Bonchev–Trinajstić information content (AvgIpc) is 3.55. The Labute approximate surface area is 209 Å². The highest BCUT2D eigenvalue weighted by molar-refractivity contribution is 5.69. The number of carbonyl (C=O) groups excluding carboxylic acids is 1. The molecule has 2 unspecified atom stereocenters. The van der Waals surface area contributed by atoms with Gasteiger partial charge in [-0.2, -0.15) is 0 Å². The lowest BCUT2D eigenvalue weighted by atomic mass is 9.84. The summed E-state index contributed by atoms with van der Waals surface area (Å²) in [5.41, 5.74) is 0. The smallest absolute Gasteiger partial charge is 0.306 e. The number of carbonyl (C=O) groups is 2. The van der Waals surface area contributed by atoms with Crippen LogP contribution in [-0.4, -0.2) is 82.2 Å². The summed E-state index contributed by atoms with van der Waals surface area (Å²) >= 11 is 0. The van der Waals surface area contributed by atoms with Gasteiger partial charge in [-0.3, -0.25) is 9.59 Å². The van der Waals surface area contributed by atoms with Crippen molar-refractivity contribution in [2.45, 2.75) is 122 Å². The summed E-state index contributed by atoms with van der Waals surface area (Å²) in [5, 5.41) is 39.5. The van der Waals surface area contributed by atoms with Crippen molar-refractivity contribution in [1.82, 2.24) is 0 Å². The molecule has 0 aromatic rings. The van der Waals surface area contributed by atoms with Crippen molar-refractivity contribution in [1.29, 1.82) is 0 Å². The first-order valence-corrected chi connectivity index (χ1v) is 13.3. The number of carboxylic acids is 1. The van der Waals surface area contributed by atoms with Crippen LogP contribution in [0.25, 0.3) is 0 Å². The Balaban J connectivity index is 1.56. The van der Waals surface area contributed by atoms with Crippen LogP contribution in [0.1, 0.15) is 85.0 Å². The number of esters is 1. The number of rotatable bonds is 17. The molecule has 0 bridgehead atoms. The predicted molar refractivity (Wildman–Crippen MR) is 129 cm³/mol. The minimum absolute atomic E-state index is 0.0214. The van der Waals surface area contributed by atoms with Crippen molar-refractivity contribution >= 4 is 11.9 Å². The minimum Gasteiger partial charge on any atom is -0.481 e. The quantitative estimate of drug-likeness (QED) is 0.134.